The summed E-state index contributed by atoms with van der Waals surface area (Å²) in [5.41, 5.74) is 0.128. The van der Waals surface area contributed by atoms with Gasteiger partial charge in [0.15, 0.2) is 9.84 Å². The van der Waals surface area contributed by atoms with E-state index in [1.54, 1.807) is 18.3 Å². The minimum absolute atomic E-state index is 0.0980. The molecule has 1 aliphatic heterocycles. The van der Waals surface area contributed by atoms with Crippen molar-refractivity contribution >= 4 is 27.5 Å². The summed E-state index contributed by atoms with van der Waals surface area (Å²) in [5.74, 6) is 6.71. The maximum atomic E-state index is 12.6. The molecule has 1 aromatic rings. The van der Waals surface area contributed by atoms with Crippen LogP contribution in [0.4, 0.5) is 5.82 Å². The number of nitrogens with zero attached hydrogens (tertiary/aromatic N) is 1. The van der Waals surface area contributed by atoms with E-state index in [0.29, 0.717) is 17.8 Å². The highest BCUT2D eigenvalue weighted by molar-refractivity contribution is 7.91. The number of hydrogen-bond acceptors (Lipinski definition) is 5. The summed E-state index contributed by atoms with van der Waals surface area (Å²) in [6, 6.07) is 3.48. The molecule has 2 amide bonds. The predicted molar refractivity (Wildman–Crippen MR) is 111 cm³/mol. The molecule has 156 valence electrons. The fraction of sp³-hybridized carbons (Fsp3) is 0.571. The van der Waals surface area contributed by atoms with Crippen LogP contribution in [0.3, 0.4) is 0 Å². The Hall–Kier alpha value is -2.40. The van der Waals surface area contributed by atoms with Gasteiger partial charge in [0, 0.05) is 25.1 Å². The third kappa shape index (κ3) is 6.29. The first kappa shape index (κ1) is 21.3. The average Bonchev–Trinajstić information content (AvgIpc) is 2.99. The van der Waals surface area contributed by atoms with Gasteiger partial charge in [-0.05, 0) is 37.3 Å². The monoisotopic (exact) mass is 417 g/mol. The number of amides is 2. The van der Waals surface area contributed by atoms with E-state index >= 15 is 0 Å². The van der Waals surface area contributed by atoms with Crippen LogP contribution in [0.2, 0.25) is 0 Å². The van der Waals surface area contributed by atoms with E-state index in [4.69, 9.17) is 0 Å². The van der Waals surface area contributed by atoms with Crippen molar-refractivity contribution in [3.8, 4) is 11.8 Å². The summed E-state index contributed by atoms with van der Waals surface area (Å²) in [6.07, 6.45) is 7.06. The first-order valence-electron chi connectivity index (χ1n) is 10.0. The van der Waals surface area contributed by atoms with E-state index in [2.05, 4.69) is 27.5 Å². The van der Waals surface area contributed by atoms with E-state index < -0.39 is 15.4 Å². The van der Waals surface area contributed by atoms with E-state index in [1.807, 2.05) is 0 Å². The van der Waals surface area contributed by atoms with E-state index in [0.717, 1.165) is 32.1 Å². The maximum absolute atomic E-state index is 12.6. The Bertz CT molecular complexity index is 923. The van der Waals surface area contributed by atoms with Crippen LogP contribution in [-0.4, -0.2) is 42.3 Å². The Labute approximate surface area is 172 Å². The van der Waals surface area contributed by atoms with Gasteiger partial charge in [0.05, 0.1) is 11.5 Å². The number of sulfone groups is 1. The topological polar surface area (TPSA) is 105 Å². The quantitative estimate of drug-likeness (QED) is 0.730. The second-order valence-corrected chi connectivity index (χ2v) is 10.3. The van der Waals surface area contributed by atoms with Gasteiger partial charge in [0.2, 0.25) is 11.8 Å². The zero-order valence-electron chi connectivity index (χ0n) is 16.7. The van der Waals surface area contributed by atoms with Gasteiger partial charge in [0.1, 0.15) is 11.4 Å². The molecule has 1 aromatic heterocycles. The molecular weight excluding hydrogens is 390 g/mol. The SMILES string of the molecule is CC(=O)Nc1ccc(C#CC2(NC(=O)C[C@@H]3CCS(=O)(=O)C3)CCCCC2)cn1. The second-order valence-electron chi connectivity index (χ2n) is 8.03. The third-order valence-electron chi connectivity index (χ3n) is 5.40. The molecule has 2 aliphatic rings. The van der Waals surface area contributed by atoms with Gasteiger partial charge < -0.3 is 10.6 Å². The fourth-order valence-corrected chi connectivity index (χ4v) is 5.83. The molecule has 0 radical (unpaired) electrons. The van der Waals surface area contributed by atoms with Gasteiger partial charge in [-0.2, -0.15) is 0 Å². The van der Waals surface area contributed by atoms with Gasteiger partial charge in [-0.1, -0.05) is 31.1 Å². The zero-order valence-corrected chi connectivity index (χ0v) is 17.5. The number of pyridine rings is 1. The molecule has 0 aromatic carbocycles. The molecule has 0 unspecified atom stereocenters. The lowest BCUT2D eigenvalue weighted by Gasteiger charge is -2.33. The summed E-state index contributed by atoms with van der Waals surface area (Å²) < 4.78 is 23.3. The maximum Gasteiger partial charge on any atom is 0.222 e. The number of carbonyl (C=O) groups is 2. The largest absolute Gasteiger partial charge is 0.340 e. The van der Waals surface area contributed by atoms with Crippen molar-refractivity contribution in [1.29, 1.82) is 0 Å². The Morgan fingerprint density at radius 2 is 2.00 bits per heavy atom. The van der Waals surface area contributed by atoms with Gasteiger partial charge in [-0.25, -0.2) is 13.4 Å². The number of nitrogens with one attached hydrogen (secondary N) is 2. The van der Waals surface area contributed by atoms with Crippen LogP contribution in [0.5, 0.6) is 0 Å². The van der Waals surface area contributed by atoms with Crippen LogP contribution in [-0.2, 0) is 19.4 Å². The average molecular weight is 418 g/mol. The first-order valence-corrected chi connectivity index (χ1v) is 11.9. The summed E-state index contributed by atoms with van der Waals surface area (Å²) in [4.78, 5) is 27.9. The summed E-state index contributed by atoms with van der Waals surface area (Å²) in [5, 5.41) is 5.72. The van der Waals surface area contributed by atoms with Crippen LogP contribution >= 0.6 is 0 Å². The van der Waals surface area contributed by atoms with Gasteiger partial charge in [-0.3, -0.25) is 9.59 Å². The highest BCUT2D eigenvalue weighted by Crippen LogP contribution is 2.29. The molecule has 1 saturated carbocycles. The minimum atomic E-state index is -2.99. The summed E-state index contributed by atoms with van der Waals surface area (Å²) in [6.45, 7) is 1.42. The molecule has 1 saturated heterocycles. The van der Waals surface area contributed by atoms with Crippen LogP contribution in [0.15, 0.2) is 18.3 Å². The van der Waals surface area contributed by atoms with E-state index in [1.165, 1.54) is 6.92 Å². The normalized spacial score (nSPS) is 22.2. The van der Waals surface area contributed by atoms with Crippen LogP contribution < -0.4 is 10.6 Å². The zero-order chi connectivity index (χ0) is 20.9. The van der Waals surface area contributed by atoms with Crippen LogP contribution in [0.25, 0.3) is 0 Å². The smallest absolute Gasteiger partial charge is 0.222 e. The molecule has 0 spiro atoms. The van der Waals surface area contributed by atoms with E-state index in [9.17, 15) is 18.0 Å². The molecule has 0 bridgehead atoms. The predicted octanol–water partition coefficient (Wildman–Crippen LogP) is 2.04. The van der Waals surface area contributed by atoms with Crippen molar-refractivity contribution in [1.82, 2.24) is 10.3 Å². The number of hydrogen-bond donors (Lipinski definition) is 2. The van der Waals surface area contributed by atoms with Crippen molar-refractivity contribution < 1.29 is 18.0 Å². The lowest BCUT2D eigenvalue weighted by atomic mass is 9.81. The van der Waals surface area contributed by atoms with Gasteiger partial charge in [-0.15, -0.1) is 0 Å². The fourth-order valence-electron chi connectivity index (χ4n) is 3.96. The lowest BCUT2D eigenvalue weighted by Crippen LogP contribution is -2.49. The molecule has 7 nitrogen and oxygen atoms in total. The number of rotatable bonds is 4. The number of carbonyl (C=O) groups excluding carboxylic acids is 2. The standard InChI is InChI=1S/C21H27N3O4S/c1-16(25)23-19-6-5-17(14-22-19)7-11-21(9-3-2-4-10-21)24-20(26)13-18-8-12-29(27,28)15-18/h5-6,14,18H,2-4,8-10,12-13,15H2,1H3,(H,24,26)(H,22,23,25)/t18-/m0/s1. The molecule has 29 heavy (non-hydrogen) atoms. The van der Waals surface area contributed by atoms with Crippen molar-refractivity contribution in [2.75, 3.05) is 16.8 Å². The summed E-state index contributed by atoms with van der Waals surface area (Å²) in [7, 11) is -2.99. The van der Waals surface area contributed by atoms with Crippen LogP contribution in [0, 0.1) is 17.8 Å². The molecule has 2 fully saturated rings. The van der Waals surface area contributed by atoms with Crippen molar-refractivity contribution in [2.45, 2.75) is 57.4 Å². The summed E-state index contributed by atoms with van der Waals surface area (Å²) >= 11 is 0. The van der Waals surface area contributed by atoms with Gasteiger partial charge >= 0.3 is 0 Å². The molecule has 1 aliphatic carbocycles. The third-order valence-corrected chi connectivity index (χ3v) is 7.24. The Morgan fingerprint density at radius 3 is 2.59 bits per heavy atom. The van der Waals surface area contributed by atoms with Crippen molar-refractivity contribution in [2.24, 2.45) is 5.92 Å². The van der Waals surface area contributed by atoms with Crippen molar-refractivity contribution in [3.63, 3.8) is 0 Å². The highest BCUT2D eigenvalue weighted by atomic mass is 32.2. The lowest BCUT2D eigenvalue weighted by molar-refractivity contribution is -0.123. The molecule has 2 N–H and O–H groups in total. The van der Waals surface area contributed by atoms with E-state index in [-0.39, 0.29) is 35.7 Å². The number of anilines is 1. The first-order chi connectivity index (χ1) is 13.8. The Kier molecular flexibility index (Phi) is 6.58. The molecule has 2 heterocycles. The number of aromatic nitrogens is 1. The van der Waals surface area contributed by atoms with Crippen molar-refractivity contribution in [3.05, 3.63) is 23.9 Å². The molecule has 3 rings (SSSR count). The van der Waals surface area contributed by atoms with Gasteiger partial charge in [0.25, 0.3) is 0 Å². The highest BCUT2D eigenvalue weighted by Gasteiger charge is 2.34. The van der Waals surface area contributed by atoms with Crippen LogP contribution in [0.1, 0.15) is 57.4 Å². The molecule has 1 atom stereocenters. The molecule has 8 heteroatoms. The molecular formula is C21H27N3O4S. The Morgan fingerprint density at radius 1 is 1.24 bits per heavy atom. The second kappa shape index (κ2) is 8.95. The minimum Gasteiger partial charge on any atom is -0.340 e. The Balaban J connectivity index is 1.68.